The van der Waals surface area contributed by atoms with Crippen LogP contribution in [0.3, 0.4) is 0 Å². The third-order valence-electron chi connectivity index (χ3n) is 3.96. The number of rotatable bonds is 6. The van der Waals surface area contributed by atoms with Gasteiger partial charge >= 0.3 is 0 Å². The zero-order valence-electron chi connectivity index (χ0n) is 14.1. The van der Waals surface area contributed by atoms with Gasteiger partial charge < -0.3 is 9.26 Å². The average molecular weight is 329 g/mol. The van der Waals surface area contributed by atoms with Crippen LogP contribution in [0.25, 0.3) is 11.1 Å². The molecule has 0 saturated heterocycles. The molecule has 2 aromatic rings. The van der Waals surface area contributed by atoms with E-state index in [1.165, 1.54) is 13.2 Å². The number of hydrogen-bond donors (Lipinski definition) is 0. The third-order valence-corrected chi connectivity index (χ3v) is 3.96. The van der Waals surface area contributed by atoms with Crippen molar-refractivity contribution in [3.63, 3.8) is 0 Å². The average Bonchev–Trinajstić information content (AvgIpc) is 2.90. The third kappa shape index (κ3) is 3.08. The zero-order valence-corrected chi connectivity index (χ0v) is 14.1. The van der Waals surface area contributed by atoms with Crippen LogP contribution in [0.2, 0.25) is 0 Å². The van der Waals surface area contributed by atoms with E-state index in [4.69, 9.17) is 9.26 Å². The molecule has 0 amide bonds. The van der Waals surface area contributed by atoms with Crippen LogP contribution in [0.1, 0.15) is 42.7 Å². The van der Waals surface area contributed by atoms with Gasteiger partial charge in [0.15, 0.2) is 0 Å². The van der Waals surface area contributed by atoms with Crippen molar-refractivity contribution in [2.75, 3.05) is 7.11 Å². The minimum Gasteiger partial charge on any atom is -0.496 e. The highest BCUT2D eigenvalue weighted by Gasteiger charge is 2.27. The Balaban J connectivity index is 2.74. The van der Waals surface area contributed by atoms with Crippen LogP contribution in [0, 0.1) is 35.3 Å². The Morgan fingerprint density at radius 1 is 1.46 bits per heavy atom. The normalized spacial score (nSPS) is 11.8. The summed E-state index contributed by atoms with van der Waals surface area (Å²) in [7, 11) is 1.49. The topological polar surface area (TPSA) is 102 Å². The van der Waals surface area contributed by atoms with Crippen LogP contribution in [-0.2, 0) is 0 Å². The van der Waals surface area contributed by atoms with E-state index in [9.17, 15) is 15.4 Å². The van der Waals surface area contributed by atoms with Gasteiger partial charge in [-0.15, -0.1) is 0 Å². The molecule has 24 heavy (non-hydrogen) atoms. The number of hydrogen-bond acceptors (Lipinski definition) is 6. The summed E-state index contributed by atoms with van der Waals surface area (Å²) in [5, 5.41) is 24.8. The fourth-order valence-electron chi connectivity index (χ4n) is 2.83. The van der Waals surface area contributed by atoms with Gasteiger partial charge in [-0.2, -0.15) is 5.26 Å². The first-order valence-electron chi connectivity index (χ1n) is 7.63. The highest BCUT2D eigenvalue weighted by atomic mass is 16.6. The molecule has 2 rings (SSSR count). The van der Waals surface area contributed by atoms with E-state index in [-0.39, 0.29) is 5.69 Å². The number of nitriles is 1. The minimum atomic E-state index is -0.553. The van der Waals surface area contributed by atoms with Crippen LogP contribution in [-0.4, -0.2) is 17.2 Å². The number of ether oxygens (including phenoxy) is 1. The van der Waals surface area contributed by atoms with Crippen molar-refractivity contribution in [2.45, 2.75) is 39.5 Å². The highest BCUT2D eigenvalue weighted by molar-refractivity contribution is 5.77. The predicted molar refractivity (Wildman–Crippen MR) is 87.9 cm³/mol. The second-order valence-corrected chi connectivity index (χ2v) is 5.54. The maximum Gasteiger partial charge on any atom is 0.274 e. The Bertz CT molecular complexity index is 785. The van der Waals surface area contributed by atoms with Gasteiger partial charge in [-0.3, -0.25) is 10.1 Å². The summed E-state index contributed by atoms with van der Waals surface area (Å²) in [5.74, 6) is 0.461. The van der Waals surface area contributed by atoms with Gasteiger partial charge in [0.1, 0.15) is 11.5 Å². The second-order valence-electron chi connectivity index (χ2n) is 5.54. The number of nitro benzene ring substituents is 1. The first kappa shape index (κ1) is 17.5. The van der Waals surface area contributed by atoms with Crippen molar-refractivity contribution in [3.8, 4) is 22.9 Å². The molecule has 1 unspecified atom stereocenters. The summed E-state index contributed by atoms with van der Waals surface area (Å²) in [6, 6.07) is 5.18. The van der Waals surface area contributed by atoms with Gasteiger partial charge in [-0.25, -0.2) is 0 Å². The molecule has 0 aliphatic heterocycles. The van der Waals surface area contributed by atoms with Gasteiger partial charge in [-0.1, -0.05) is 18.5 Å². The fourth-order valence-corrected chi connectivity index (χ4v) is 2.83. The fraction of sp³-hybridized carbons (Fsp3) is 0.412. The molecule has 0 radical (unpaired) electrons. The molecule has 0 N–H and O–H groups in total. The van der Waals surface area contributed by atoms with Crippen LogP contribution in [0.15, 0.2) is 16.7 Å². The van der Waals surface area contributed by atoms with E-state index < -0.39 is 10.8 Å². The number of aryl methyl sites for hydroxylation is 2. The first-order chi connectivity index (χ1) is 11.4. The Hall–Kier alpha value is -2.88. The van der Waals surface area contributed by atoms with Crippen LogP contribution < -0.4 is 4.74 Å². The molecule has 1 heterocycles. The van der Waals surface area contributed by atoms with Gasteiger partial charge in [0.05, 0.1) is 40.8 Å². The number of nitrogens with zero attached hydrogens (tertiary/aromatic N) is 3. The second kappa shape index (κ2) is 7.13. The van der Waals surface area contributed by atoms with Crippen LogP contribution in [0.4, 0.5) is 5.69 Å². The smallest absolute Gasteiger partial charge is 0.274 e. The molecule has 126 valence electrons. The Kier molecular flexibility index (Phi) is 5.19. The zero-order chi connectivity index (χ0) is 17.9. The highest BCUT2D eigenvalue weighted by Crippen LogP contribution is 2.41. The van der Waals surface area contributed by atoms with E-state index in [1.54, 1.807) is 19.9 Å². The maximum atomic E-state index is 11.6. The summed E-state index contributed by atoms with van der Waals surface area (Å²) in [6.45, 7) is 5.44. The van der Waals surface area contributed by atoms with E-state index in [2.05, 4.69) is 11.2 Å². The lowest BCUT2D eigenvalue weighted by molar-refractivity contribution is -0.385. The molecule has 0 spiro atoms. The van der Waals surface area contributed by atoms with Gasteiger partial charge in [0.25, 0.3) is 5.69 Å². The maximum absolute atomic E-state index is 11.6. The van der Waals surface area contributed by atoms with E-state index in [0.29, 0.717) is 40.3 Å². The first-order valence-corrected chi connectivity index (χ1v) is 7.63. The van der Waals surface area contributed by atoms with E-state index in [0.717, 1.165) is 6.42 Å². The van der Waals surface area contributed by atoms with Crippen molar-refractivity contribution in [2.24, 2.45) is 0 Å². The molecule has 1 atom stereocenters. The lowest BCUT2D eigenvalue weighted by atomic mass is 9.91. The largest absolute Gasteiger partial charge is 0.496 e. The lowest BCUT2D eigenvalue weighted by Gasteiger charge is -2.14. The van der Waals surface area contributed by atoms with Crippen molar-refractivity contribution in [1.29, 1.82) is 5.26 Å². The molecule has 0 saturated carbocycles. The number of benzene rings is 1. The molecule has 7 nitrogen and oxygen atoms in total. The molecule has 7 heteroatoms. The Morgan fingerprint density at radius 3 is 2.62 bits per heavy atom. The molecule has 1 aromatic heterocycles. The number of aromatic nitrogens is 1. The van der Waals surface area contributed by atoms with Crippen LogP contribution >= 0.6 is 0 Å². The molecule has 0 aliphatic carbocycles. The van der Waals surface area contributed by atoms with Crippen molar-refractivity contribution >= 4 is 5.69 Å². The molecule has 1 aromatic carbocycles. The summed E-state index contributed by atoms with van der Waals surface area (Å²) >= 11 is 0. The van der Waals surface area contributed by atoms with Crippen LogP contribution in [0.5, 0.6) is 5.75 Å². The van der Waals surface area contributed by atoms with Crippen molar-refractivity contribution in [1.82, 2.24) is 5.16 Å². The molecular formula is C17H19N3O4. The standard InChI is InChI=1S/C17H19N3O4/c1-5-6-12(9-18)13-8-16(23-4)14(7-15(13)20(21)22)17-10(2)19-24-11(17)3/h7-8,12H,5-6H2,1-4H3. The van der Waals surface area contributed by atoms with Gasteiger partial charge in [-0.05, 0) is 26.3 Å². The predicted octanol–water partition coefficient (Wildman–Crippen LogP) is 4.28. The number of methoxy groups -OCH3 is 1. The monoisotopic (exact) mass is 329 g/mol. The summed E-state index contributed by atoms with van der Waals surface area (Å²) in [6.07, 6.45) is 1.30. The minimum absolute atomic E-state index is 0.0919. The van der Waals surface area contributed by atoms with Gasteiger partial charge in [0, 0.05) is 11.6 Å². The summed E-state index contributed by atoms with van der Waals surface area (Å²) < 4.78 is 10.6. The van der Waals surface area contributed by atoms with E-state index in [1.807, 2.05) is 6.92 Å². The molecule has 0 bridgehead atoms. The van der Waals surface area contributed by atoms with Gasteiger partial charge in [0.2, 0.25) is 0 Å². The number of nitro groups is 1. The lowest BCUT2D eigenvalue weighted by Crippen LogP contribution is -2.03. The Morgan fingerprint density at radius 2 is 2.17 bits per heavy atom. The molecule has 0 aliphatic rings. The van der Waals surface area contributed by atoms with Crippen molar-refractivity contribution < 1.29 is 14.2 Å². The summed E-state index contributed by atoms with van der Waals surface area (Å²) in [5.41, 5.74) is 2.11. The quantitative estimate of drug-likeness (QED) is 0.579. The molecule has 0 fully saturated rings. The molecular weight excluding hydrogens is 310 g/mol. The summed E-state index contributed by atoms with van der Waals surface area (Å²) in [4.78, 5) is 11.1. The SMILES string of the molecule is CCCC(C#N)c1cc(OC)c(-c2c(C)noc2C)cc1[N+](=O)[O-]. The van der Waals surface area contributed by atoms with Crippen molar-refractivity contribution in [3.05, 3.63) is 39.3 Å². The van der Waals surface area contributed by atoms with E-state index >= 15 is 0 Å². The Labute approximate surface area is 140 Å².